The molecular formula is C27H27NO. The van der Waals surface area contributed by atoms with Gasteiger partial charge in [-0.05, 0) is 87.1 Å². The normalized spacial score (nSPS) is 17.4. The van der Waals surface area contributed by atoms with Gasteiger partial charge in [-0.1, -0.05) is 56.3 Å². The van der Waals surface area contributed by atoms with Gasteiger partial charge in [0.25, 0.3) is 0 Å². The van der Waals surface area contributed by atoms with E-state index in [1.807, 2.05) is 6.20 Å². The molecule has 2 aromatic carbocycles. The predicted molar refractivity (Wildman–Crippen MR) is 119 cm³/mol. The van der Waals surface area contributed by atoms with E-state index in [9.17, 15) is 5.11 Å². The first-order valence-corrected chi connectivity index (χ1v) is 10.7. The third-order valence-corrected chi connectivity index (χ3v) is 6.65. The summed E-state index contributed by atoms with van der Waals surface area (Å²) in [5, 5.41) is 12.4. The number of benzene rings is 2. The molecular weight excluding hydrogens is 354 g/mol. The Hall–Kier alpha value is -2.71. The number of aromatic nitrogens is 1. The van der Waals surface area contributed by atoms with Gasteiger partial charge in [-0.3, -0.25) is 4.98 Å². The highest BCUT2D eigenvalue weighted by Gasteiger charge is 2.26. The number of fused-ring (bicyclic) bond motifs is 5. The average molecular weight is 382 g/mol. The van der Waals surface area contributed by atoms with Crippen LogP contribution in [0.1, 0.15) is 55.0 Å². The van der Waals surface area contributed by atoms with Crippen molar-refractivity contribution in [2.45, 2.75) is 45.6 Å². The van der Waals surface area contributed by atoms with Crippen molar-refractivity contribution in [3.8, 4) is 11.1 Å². The summed E-state index contributed by atoms with van der Waals surface area (Å²) in [6, 6.07) is 17.7. The van der Waals surface area contributed by atoms with E-state index in [1.165, 1.54) is 50.2 Å². The molecule has 2 aliphatic rings. The molecule has 0 bridgehead atoms. The van der Waals surface area contributed by atoms with Crippen molar-refractivity contribution < 1.29 is 5.11 Å². The van der Waals surface area contributed by atoms with Crippen molar-refractivity contribution in [3.63, 3.8) is 0 Å². The largest absolute Gasteiger partial charge is 0.390 e. The maximum atomic E-state index is 9.59. The Morgan fingerprint density at radius 2 is 1.93 bits per heavy atom. The Kier molecular flexibility index (Phi) is 4.60. The highest BCUT2D eigenvalue weighted by Crippen LogP contribution is 2.35. The number of aliphatic hydroxyl groups excluding tert-OH is 1. The van der Waals surface area contributed by atoms with Crippen LogP contribution in [0.5, 0.6) is 0 Å². The predicted octanol–water partition coefficient (Wildman–Crippen LogP) is 4.31. The molecule has 0 aliphatic heterocycles. The van der Waals surface area contributed by atoms with Crippen molar-refractivity contribution in [2.75, 3.05) is 0 Å². The van der Waals surface area contributed by atoms with Gasteiger partial charge in [0, 0.05) is 6.20 Å². The van der Waals surface area contributed by atoms with Crippen molar-refractivity contribution in [1.82, 2.24) is 4.98 Å². The molecule has 0 radical (unpaired) electrons. The molecule has 0 fully saturated rings. The molecule has 29 heavy (non-hydrogen) atoms. The molecule has 146 valence electrons. The van der Waals surface area contributed by atoms with Crippen molar-refractivity contribution >= 4 is 11.6 Å². The van der Waals surface area contributed by atoms with Crippen LogP contribution in [0, 0.1) is 5.92 Å². The summed E-state index contributed by atoms with van der Waals surface area (Å²) in [6.07, 6.45) is 7.48. The van der Waals surface area contributed by atoms with Gasteiger partial charge in [-0.25, -0.2) is 0 Å². The molecule has 1 unspecified atom stereocenters. The third-order valence-electron chi connectivity index (χ3n) is 6.65. The molecule has 0 saturated heterocycles. The van der Waals surface area contributed by atoms with Gasteiger partial charge in [0.05, 0.1) is 12.3 Å². The first-order chi connectivity index (χ1) is 14.2. The summed E-state index contributed by atoms with van der Waals surface area (Å²) >= 11 is 0. The van der Waals surface area contributed by atoms with Gasteiger partial charge in [0.1, 0.15) is 0 Å². The molecule has 2 heteroatoms. The SMILES string of the molecule is CC(C)C1CCC(c2ccnc(CO)c2)=c2c1ccc1c2=CCc2ccccc2-1. The summed E-state index contributed by atoms with van der Waals surface area (Å²) in [5.41, 5.74) is 8.95. The summed E-state index contributed by atoms with van der Waals surface area (Å²) in [7, 11) is 0. The smallest absolute Gasteiger partial charge is 0.0853 e. The lowest BCUT2D eigenvalue weighted by Gasteiger charge is -2.30. The van der Waals surface area contributed by atoms with Crippen molar-refractivity contribution in [2.24, 2.45) is 5.92 Å². The maximum absolute atomic E-state index is 9.59. The Bertz CT molecular complexity index is 1210. The van der Waals surface area contributed by atoms with Gasteiger partial charge < -0.3 is 5.11 Å². The van der Waals surface area contributed by atoms with E-state index in [2.05, 4.69) is 73.4 Å². The molecule has 1 atom stereocenters. The van der Waals surface area contributed by atoms with Crippen LogP contribution < -0.4 is 10.4 Å². The first-order valence-electron chi connectivity index (χ1n) is 10.7. The maximum Gasteiger partial charge on any atom is 0.0853 e. The van der Waals surface area contributed by atoms with Crippen LogP contribution in [0.4, 0.5) is 0 Å². The van der Waals surface area contributed by atoms with E-state index in [1.54, 1.807) is 0 Å². The standard InChI is InChI=1S/C27H27NO/c1-17(2)21-9-10-23(19-13-14-28-20(15-19)16-29)27-25(21)12-11-24-22-6-4-3-5-18(22)7-8-26(24)27/h3-6,8,11-15,17,21,29H,7,9-10,16H2,1-2H3. The Balaban J connectivity index is 1.86. The molecule has 5 rings (SSSR count). The summed E-state index contributed by atoms with van der Waals surface area (Å²) < 4.78 is 0. The second-order valence-electron chi connectivity index (χ2n) is 8.62. The van der Waals surface area contributed by atoms with Crippen LogP contribution in [0.3, 0.4) is 0 Å². The highest BCUT2D eigenvalue weighted by atomic mass is 16.3. The fraction of sp³-hybridized carbons (Fsp3) is 0.296. The van der Waals surface area contributed by atoms with Crippen LogP contribution in [0.25, 0.3) is 22.8 Å². The summed E-state index contributed by atoms with van der Waals surface area (Å²) in [6.45, 7) is 4.66. The summed E-state index contributed by atoms with van der Waals surface area (Å²) in [4.78, 5) is 4.30. The van der Waals surface area contributed by atoms with E-state index >= 15 is 0 Å². The van der Waals surface area contributed by atoms with Crippen molar-refractivity contribution in [1.29, 1.82) is 0 Å². The van der Waals surface area contributed by atoms with E-state index in [4.69, 9.17) is 0 Å². The minimum atomic E-state index is -0.0189. The second-order valence-corrected chi connectivity index (χ2v) is 8.62. The average Bonchev–Trinajstić information content (AvgIpc) is 2.77. The molecule has 2 aliphatic carbocycles. The molecule has 1 heterocycles. The number of rotatable bonds is 3. The van der Waals surface area contributed by atoms with Crippen LogP contribution in [0.2, 0.25) is 0 Å². The zero-order valence-electron chi connectivity index (χ0n) is 17.2. The first kappa shape index (κ1) is 18.3. The van der Waals surface area contributed by atoms with Crippen LogP contribution in [0.15, 0.2) is 54.7 Å². The van der Waals surface area contributed by atoms with E-state index in [0.29, 0.717) is 11.8 Å². The Morgan fingerprint density at radius 3 is 2.76 bits per heavy atom. The van der Waals surface area contributed by atoms with Gasteiger partial charge in [-0.2, -0.15) is 0 Å². The lowest BCUT2D eigenvalue weighted by molar-refractivity contribution is 0.277. The topological polar surface area (TPSA) is 33.1 Å². The number of pyridine rings is 1. The molecule has 1 aromatic heterocycles. The fourth-order valence-electron chi connectivity index (χ4n) is 5.22. The van der Waals surface area contributed by atoms with E-state index in [0.717, 1.165) is 18.5 Å². The third kappa shape index (κ3) is 3.03. The quantitative estimate of drug-likeness (QED) is 0.733. The fourth-order valence-corrected chi connectivity index (χ4v) is 5.22. The molecule has 2 nitrogen and oxygen atoms in total. The van der Waals surface area contributed by atoms with Gasteiger partial charge in [-0.15, -0.1) is 0 Å². The highest BCUT2D eigenvalue weighted by molar-refractivity contribution is 5.77. The van der Waals surface area contributed by atoms with Gasteiger partial charge >= 0.3 is 0 Å². The van der Waals surface area contributed by atoms with E-state index in [-0.39, 0.29) is 6.61 Å². The minimum Gasteiger partial charge on any atom is -0.390 e. The van der Waals surface area contributed by atoms with Gasteiger partial charge in [0.2, 0.25) is 0 Å². The van der Waals surface area contributed by atoms with Crippen LogP contribution >= 0.6 is 0 Å². The number of hydrogen-bond acceptors (Lipinski definition) is 2. The summed E-state index contributed by atoms with van der Waals surface area (Å²) in [5.74, 6) is 1.21. The molecule has 0 spiro atoms. The molecule has 0 saturated carbocycles. The Labute approximate surface area is 172 Å². The molecule has 3 aromatic rings. The number of nitrogens with zero attached hydrogens (tertiary/aromatic N) is 1. The second kappa shape index (κ2) is 7.27. The van der Waals surface area contributed by atoms with Crippen molar-refractivity contribution in [3.05, 3.63) is 87.5 Å². The zero-order valence-corrected chi connectivity index (χ0v) is 17.2. The van der Waals surface area contributed by atoms with E-state index < -0.39 is 0 Å². The van der Waals surface area contributed by atoms with Crippen LogP contribution in [-0.2, 0) is 13.0 Å². The Morgan fingerprint density at radius 1 is 1.07 bits per heavy atom. The molecule has 1 N–H and O–H groups in total. The minimum absolute atomic E-state index is 0.0189. The lowest BCUT2D eigenvalue weighted by atomic mass is 9.75. The lowest BCUT2D eigenvalue weighted by Crippen LogP contribution is -2.38. The van der Waals surface area contributed by atoms with Gasteiger partial charge in [0.15, 0.2) is 0 Å². The monoisotopic (exact) mass is 381 g/mol. The zero-order chi connectivity index (χ0) is 20.0. The van der Waals surface area contributed by atoms with Crippen LogP contribution in [-0.4, -0.2) is 10.1 Å². The number of hydrogen-bond donors (Lipinski definition) is 1. The number of aliphatic hydroxyl groups is 1. The molecule has 0 amide bonds.